The van der Waals surface area contributed by atoms with Gasteiger partial charge in [0.2, 0.25) is 0 Å². The van der Waals surface area contributed by atoms with Crippen LogP contribution in [0.25, 0.3) is 0 Å². The van der Waals surface area contributed by atoms with Crippen molar-refractivity contribution in [2.24, 2.45) is 0 Å². The summed E-state index contributed by atoms with van der Waals surface area (Å²) in [6.45, 7) is 8.81. The number of aryl methyl sites for hydroxylation is 2. The van der Waals surface area contributed by atoms with E-state index >= 15 is 0 Å². The highest BCUT2D eigenvalue weighted by Gasteiger charge is 2.13. The Morgan fingerprint density at radius 2 is 2.00 bits per heavy atom. The highest BCUT2D eigenvalue weighted by Crippen LogP contribution is 2.30. The van der Waals surface area contributed by atoms with Crippen molar-refractivity contribution < 1.29 is 0 Å². The summed E-state index contributed by atoms with van der Waals surface area (Å²) in [6.07, 6.45) is 5.15. The second kappa shape index (κ2) is 5.50. The number of rotatable bonds is 5. The van der Waals surface area contributed by atoms with E-state index in [1.165, 1.54) is 41.3 Å². The first-order chi connectivity index (χ1) is 6.69. The van der Waals surface area contributed by atoms with Crippen LogP contribution in [-0.2, 0) is 0 Å². The Hall–Kier alpha value is -0.370. The van der Waals surface area contributed by atoms with Gasteiger partial charge in [0, 0.05) is 10.8 Å². The molecule has 1 heterocycles. The van der Waals surface area contributed by atoms with Gasteiger partial charge >= 0.3 is 0 Å². The lowest BCUT2D eigenvalue weighted by atomic mass is 10.0. The van der Waals surface area contributed by atoms with Gasteiger partial charge in [0.05, 0.1) is 10.7 Å². The molecular weight excluding hydrogens is 190 g/mol. The topological polar surface area (TPSA) is 12.9 Å². The first-order valence-corrected chi connectivity index (χ1v) is 6.44. The zero-order valence-electron chi connectivity index (χ0n) is 9.76. The van der Waals surface area contributed by atoms with E-state index in [0.29, 0.717) is 5.92 Å². The van der Waals surface area contributed by atoms with Crippen LogP contribution in [0.3, 0.4) is 0 Å². The van der Waals surface area contributed by atoms with Crippen LogP contribution in [0.1, 0.15) is 61.0 Å². The lowest BCUT2D eigenvalue weighted by Crippen LogP contribution is -1.96. The van der Waals surface area contributed by atoms with Crippen molar-refractivity contribution in [3.63, 3.8) is 0 Å². The summed E-state index contributed by atoms with van der Waals surface area (Å²) in [5.74, 6) is 0.701. The fourth-order valence-corrected chi connectivity index (χ4v) is 2.77. The molecule has 0 aliphatic carbocycles. The first-order valence-electron chi connectivity index (χ1n) is 5.62. The van der Waals surface area contributed by atoms with E-state index in [1.807, 2.05) is 11.3 Å². The summed E-state index contributed by atoms with van der Waals surface area (Å²) in [4.78, 5) is 6.04. The monoisotopic (exact) mass is 211 g/mol. The average Bonchev–Trinajstić information content (AvgIpc) is 2.48. The quantitative estimate of drug-likeness (QED) is 0.701. The SMILES string of the molecule is CCCC[C@H](CC)c1nc(C)c(C)s1. The molecule has 0 saturated carbocycles. The molecule has 0 radical (unpaired) electrons. The minimum Gasteiger partial charge on any atom is -0.246 e. The number of hydrogen-bond donors (Lipinski definition) is 0. The van der Waals surface area contributed by atoms with E-state index in [4.69, 9.17) is 0 Å². The molecule has 2 heteroatoms. The summed E-state index contributed by atoms with van der Waals surface area (Å²) < 4.78 is 0. The van der Waals surface area contributed by atoms with Crippen LogP contribution in [-0.4, -0.2) is 4.98 Å². The fraction of sp³-hybridized carbons (Fsp3) is 0.750. The molecule has 0 fully saturated rings. The predicted molar refractivity (Wildman–Crippen MR) is 64.1 cm³/mol. The molecule has 0 spiro atoms. The molecule has 0 aliphatic rings. The molecule has 0 aliphatic heterocycles. The van der Waals surface area contributed by atoms with E-state index in [9.17, 15) is 0 Å². The Balaban J connectivity index is 2.68. The summed E-state index contributed by atoms with van der Waals surface area (Å²) in [5.41, 5.74) is 1.22. The maximum absolute atomic E-state index is 4.65. The number of nitrogens with zero attached hydrogens (tertiary/aromatic N) is 1. The molecule has 1 aromatic heterocycles. The predicted octanol–water partition coefficient (Wildman–Crippen LogP) is 4.44. The van der Waals surface area contributed by atoms with Gasteiger partial charge in [-0.25, -0.2) is 4.98 Å². The maximum atomic E-state index is 4.65. The third kappa shape index (κ3) is 2.81. The Kier molecular flexibility index (Phi) is 4.59. The summed E-state index contributed by atoms with van der Waals surface area (Å²) in [6, 6.07) is 0. The van der Waals surface area contributed by atoms with Gasteiger partial charge in [-0.3, -0.25) is 0 Å². The number of unbranched alkanes of at least 4 members (excludes halogenated alkanes) is 1. The van der Waals surface area contributed by atoms with Crippen molar-refractivity contribution in [2.75, 3.05) is 0 Å². The van der Waals surface area contributed by atoms with Crippen LogP contribution in [0.5, 0.6) is 0 Å². The van der Waals surface area contributed by atoms with Crippen molar-refractivity contribution in [3.05, 3.63) is 15.6 Å². The van der Waals surface area contributed by atoms with Gasteiger partial charge in [0.1, 0.15) is 0 Å². The average molecular weight is 211 g/mol. The van der Waals surface area contributed by atoms with Crippen LogP contribution >= 0.6 is 11.3 Å². The van der Waals surface area contributed by atoms with Crippen molar-refractivity contribution in [1.82, 2.24) is 4.98 Å². The summed E-state index contributed by atoms with van der Waals surface area (Å²) in [7, 11) is 0. The van der Waals surface area contributed by atoms with Gasteiger partial charge in [0.15, 0.2) is 0 Å². The Bertz CT molecular complexity index is 258. The van der Waals surface area contributed by atoms with Crippen molar-refractivity contribution in [3.8, 4) is 0 Å². The molecule has 1 aromatic rings. The molecule has 80 valence electrons. The van der Waals surface area contributed by atoms with Crippen LogP contribution in [0.2, 0.25) is 0 Å². The largest absolute Gasteiger partial charge is 0.246 e. The first kappa shape index (κ1) is 11.7. The van der Waals surface area contributed by atoms with Gasteiger partial charge in [0.25, 0.3) is 0 Å². The normalized spacial score (nSPS) is 13.1. The molecule has 0 amide bonds. The minimum atomic E-state index is 0.701. The van der Waals surface area contributed by atoms with Gasteiger partial charge < -0.3 is 0 Å². The molecular formula is C12H21NS. The zero-order valence-corrected chi connectivity index (χ0v) is 10.6. The zero-order chi connectivity index (χ0) is 10.6. The fourth-order valence-electron chi connectivity index (χ4n) is 1.62. The lowest BCUT2D eigenvalue weighted by molar-refractivity contribution is 0.566. The molecule has 0 bridgehead atoms. The Labute approximate surface area is 91.6 Å². The van der Waals surface area contributed by atoms with Crippen LogP contribution in [0, 0.1) is 13.8 Å². The molecule has 14 heavy (non-hydrogen) atoms. The van der Waals surface area contributed by atoms with E-state index in [1.54, 1.807) is 0 Å². The molecule has 0 aromatic carbocycles. The maximum Gasteiger partial charge on any atom is 0.0961 e. The molecule has 1 atom stereocenters. The smallest absolute Gasteiger partial charge is 0.0961 e. The number of aromatic nitrogens is 1. The van der Waals surface area contributed by atoms with Gasteiger partial charge in [-0.15, -0.1) is 11.3 Å². The molecule has 0 saturated heterocycles. The minimum absolute atomic E-state index is 0.701. The van der Waals surface area contributed by atoms with Crippen LogP contribution < -0.4 is 0 Å². The highest BCUT2D eigenvalue weighted by atomic mass is 32.1. The molecule has 1 rings (SSSR count). The van der Waals surface area contributed by atoms with E-state index in [2.05, 4.69) is 32.7 Å². The van der Waals surface area contributed by atoms with Gasteiger partial charge in [-0.2, -0.15) is 0 Å². The third-order valence-electron chi connectivity index (χ3n) is 2.79. The van der Waals surface area contributed by atoms with Gasteiger partial charge in [-0.05, 0) is 26.7 Å². The summed E-state index contributed by atoms with van der Waals surface area (Å²) >= 11 is 1.89. The second-order valence-electron chi connectivity index (χ2n) is 3.94. The van der Waals surface area contributed by atoms with E-state index in [0.717, 1.165) is 0 Å². The standard InChI is InChI=1S/C12H21NS/c1-5-7-8-11(6-2)12-13-9(3)10(4)14-12/h11H,5-8H2,1-4H3/t11-/m0/s1. The molecule has 0 unspecified atom stereocenters. The highest BCUT2D eigenvalue weighted by molar-refractivity contribution is 7.11. The van der Waals surface area contributed by atoms with Crippen molar-refractivity contribution >= 4 is 11.3 Å². The van der Waals surface area contributed by atoms with E-state index < -0.39 is 0 Å². The molecule has 0 N–H and O–H groups in total. The van der Waals surface area contributed by atoms with Gasteiger partial charge in [-0.1, -0.05) is 26.7 Å². The third-order valence-corrected chi connectivity index (χ3v) is 4.03. The van der Waals surface area contributed by atoms with Crippen LogP contribution in [0.15, 0.2) is 0 Å². The van der Waals surface area contributed by atoms with Crippen LogP contribution in [0.4, 0.5) is 0 Å². The van der Waals surface area contributed by atoms with E-state index in [-0.39, 0.29) is 0 Å². The second-order valence-corrected chi connectivity index (χ2v) is 5.18. The Morgan fingerprint density at radius 3 is 2.43 bits per heavy atom. The van der Waals surface area contributed by atoms with Crippen molar-refractivity contribution in [2.45, 2.75) is 59.3 Å². The van der Waals surface area contributed by atoms with Crippen molar-refractivity contribution in [1.29, 1.82) is 0 Å². The Morgan fingerprint density at radius 1 is 1.29 bits per heavy atom. The summed E-state index contributed by atoms with van der Waals surface area (Å²) in [5, 5.41) is 1.36. The lowest BCUT2D eigenvalue weighted by Gasteiger charge is -2.10. The number of thiazole rings is 1. The molecule has 1 nitrogen and oxygen atoms in total. The number of hydrogen-bond acceptors (Lipinski definition) is 2.